The Labute approximate surface area is 165 Å². The van der Waals surface area contributed by atoms with Gasteiger partial charge >= 0.3 is 0 Å². The average molecular weight is 374 g/mol. The summed E-state index contributed by atoms with van der Waals surface area (Å²) in [5.41, 5.74) is 8.04. The molecule has 6 heteroatoms. The van der Waals surface area contributed by atoms with E-state index in [1.807, 2.05) is 54.4 Å². The molecule has 0 atom stereocenters. The predicted octanol–water partition coefficient (Wildman–Crippen LogP) is 3.99. The van der Waals surface area contributed by atoms with Gasteiger partial charge in [-0.2, -0.15) is 4.98 Å². The van der Waals surface area contributed by atoms with Crippen molar-refractivity contribution >= 4 is 17.6 Å². The third-order valence-corrected chi connectivity index (χ3v) is 5.24. The maximum Gasteiger partial charge on any atom is 0.224 e. The van der Waals surface area contributed by atoms with Gasteiger partial charge in [0.2, 0.25) is 5.95 Å². The fourth-order valence-electron chi connectivity index (χ4n) is 3.55. The fraction of sp³-hybridized carbons (Fsp3) is 0.318. The normalized spacial score (nSPS) is 19.2. The van der Waals surface area contributed by atoms with Gasteiger partial charge in [-0.1, -0.05) is 36.4 Å². The van der Waals surface area contributed by atoms with Crippen molar-refractivity contribution in [1.29, 1.82) is 0 Å². The van der Waals surface area contributed by atoms with E-state index in [9.17, 15) is 0 Å². The Hall–Kier alpha value is -2.99. The van der Waals surface area contributed by atoms with Crippen LogP contribution in [0, 0.1) is 0 Å². The Morgan fingerprint density at radius 3 is 2.43 bits per heavy atom. The van der Waals surface area contributed by atoms with E-state index in [0.29, 0.717) is 18.0 Å². The lowest BCUT2D eigenvalue weighted by molar-refractivity contribution is 0.410. The summed E-state index contributed by atoms with van der Waals surface area (Å²) in [4.78, 5) is 15.9. The number of nitrogens with two attached hydrogens (primary N) is 1. The molecule has 1 saturated carbocycles. The molecule has 1 fully saturated rings. The average Bonchev–Trinajstić information content (AvgIpc) is 2.76. The van der Waals surface area contributed by atoms with E-state index < -0.39 is 0 Å². The minimum Gasteiger partial charge on any atom is -0.351 e. The topological polar surface area (TPSA) is 80.0 Å². The molecule has 28 heavy (non-hydrogen) atoms. The van der Waals surface area contributed by atoms with Gasteiger partial charge in [0.1, 0.15) is 11.6 Å². The molecule has 0 spiro atoms. The highest BCUT2D eigenvalue weighted by atomic mass is 15.2. The molecule has 0 radical (unpaired) electrons. The Morgan fingerprint density at radius 2 is 1.64 bits per heavy atom. The van der Waals surface area contributed by atoms with Crippen LogP contribution in [-0.2, 0) is 0 Å². The highest BCUT2D eigenvalue weighted by molar-refractivity contribution is 5.64. The van der Waals surface area contributed by atoms with Crippen molar-refractivity contribution in [3.05, 3.63) is 60.8 Å². The SMILES string of the molecule is CN(c1cccc(-c2ccccc2)n1)c1ccnc(NC2CCC(N)CC2)n1. The van der Waals surface area contributed by atoms with Gasteiger partial charge in [-0.05, 0) is 43.9 Å². The maximum absolute atomic E-state index is 6.00. The third kappa shape index (κ3) is 4.28. The van der Waals surface area contributed by atoms with Crippen molar-refractivity contribution in [2.24, 2.45) is 5.73 Å². The minimum atomic E-state index is 0.333. The monoisotopic (exact) mass is 374 g/mol. The van der Waals surface area contributed by atoms with E-state index in [2.05, 4.69) is 22.4 Å². The molecule has 0 aliphatic heterocycles. The molecular weight excluding hydrogens is 348 g/mol. The molecule has 1 aliphatic carbocycles. The van der Waals surface area contributed by atoms with E-state index in [-0.39, 0.29) is 0 Å². The second-order valence-electron chi connectivity index (χ2n) is 7.30. The second-order valence-corrected chi connectivity index (χ2v) is 7.30. The van der Waals surface area contributed by atoms with Crippen molar-refractivity contribution in [2.75, 3.05) is 17.3 Å². The Balaban J connectivity index is 1.51. The minimum absolute atomic E-state index is 0.333. The molecule has 144 valence electrons. The van der Waals surface area contributed by atoms with Crippen LogP contribution in [0.4, 0.5) is 17.6 Å². The van der Waals surface area contributed by atoms with Crippen LogP contribution in [0.5, 0.6) is 0 Å². The van der Waals surface area contributed by atoms with E-state index in [4.69, 9.17) is 15.7 Å². The third-order valence-electron chi connectivity index (χ3n) is 5.24. The highest BCUT2D eigenvalue weighted by Crippen LogP contribution is 2.25. The summed E-state index contributed by atoms with van der Waals surface area (Å²) >= 11 is 0. The summed E-state index contributed by atoms with van der Waals surface area (Å²) in [6.07, 6.45) is 6.01. The summed E-state index contributed by atoms with van der Waals surface area (Å²) in [6.45, 7) is 0. The zero-order valence-corrected chi connectivity index (χ0v) is 16.1. The molecule has 3 aromatic rings. The van der Waals surface area contributed by atoms with Crippen LogP contribution in [0.3, 0.4) is 0 Å². The number of nitrogens with one attached hydrogen (secondary N) is 1. The lowest BCUT2D eigenvalue weighted by Crippen LogP contribution is -2.33. The van der Waals surface area contributed by atoms with Crippen molar-refractivity contribution in [3.8, 4) is 11.3 Å². The van der Waals surface area contributed by atoms with Gasteiger partial charge in [0.15, 0.2) is 0 Å². The smallest absolute Gasteiger partial charge is 0.224 e. The van der Waals surface area contributed by atoms with Crippen molar-refractivity contribution < 1.29 is 0 Å². The van der Waals surface area contributed by atoms with Crippen LogP contribution in [0.15, 0.2) is 60.8 Å². The lowest BCUT2D eigenvalue weighted by Gasteiger charge is -2.27. The molecule has 3 N–H and O–H groups in total. The van der Waals surface area contributed by atoms with Crippen molar-refractivity contribution in [2.45, 2.75) is 37.8 Å². The van der Waals surface area contributed by atoms with Gasteiger partial charge in [0.05, 0.1) is 5.69 Å². The summed E-state index contributed by atoms with van der Waals surface area (Å²) < 4.78 is 0. The summed E-state index contributed by atoms with van der Waals surface area (Å²) in [5.74, 6) is 2.31. The maximum atomic E-state index is 6.00. The summed E-state index contributed by atoms with van der Waals surface area (Å²) in [6, 6.07) is 18.8. The van der Waals surface area contributed by atoms with Gasteiger partial charge < -0.3 is 16.0 Å². The first kappa shape index (κ1) is 18.4. The number of pyridine rings is 1. The largest absolute Gasteiger partial charge is 0.351 e. The molecule has 4 rings (SSSR count). The molecule has 0 amide bonds. The van der Waals surface area contributed by atoms with Crippen LogP contribution in [0.1, 0.15) is 25.7 Å². The Kier molecular flexibility index (Phi) is 5.48. The van der Waals surface area contributed by atoms with Gasteiger partial charge in [-0.15, -0.1) is 0 Å². The van der Waals surface area contributed by atoms with Gasteiger partial charge in [-0.3, -0.25) is 0 Å². The number of benzene rings is 1. The zero-order valence-electron chi connectivity index (χ0n) is 16.1. The first-order valence-electron chi connectivity index (χ1n) is 9.80. The van der Waals surface area contributed by atoms with E-state index >= 15 is 0 Å². The van der Waals surface area contributed by atoms with E-state index in [1.54, 1.807) is 6.20 Å². The Morgan fingerprint density at radius 1 is 0.893 bits per heavy atom. The number of nitrogens with zero attached hydrogens (tertiary/aromatic N) is 4. The first-order valence-corrected chi connectivity index (χ1v) is 9.80. The van der Waals surface area contributed by atoms with Crippen LogP contribution < -0.4 is 16.0 Å². The van der Waals surface area contributed by atoms with E-state index in [1.165, 1.54) is 0 Å². The molecule has 2 heterocycles. The highest BCUT2D eigenvalue weighted by Gasteiger charge is 2.19. The van der Waals surface area contributed by atoms with Crippen molar-refractivity contribution in [1.82, 2.24) is 15.0 Å². The van der Waals surface area contributed by atoms with Crippen LogP contribution in [-0.4, -0.2) is 34.1 Å². The van der Waals surface area contributed by atoms with Gasteiger partial charge in [0.25, 0.3) is 0 Å². The first-order chi connectivity index (χ1) is 13.7. The van der Waals surface area contributed by atoms with Gasteiger partial charge in [0, 0.05) is 30.9 Å². The number of hydrogen-bond donors (Lipinski definition) is 2. The number of rotatable bonds is 5. The molecule has 0 unspecified atom stereocenters. The zero-order chi connectivity index (χ0) is 19.3. The van der Waals surface area contributed by atoms with E-state index in [0.717, 1.165) is 48.6 Å². The van der Waals surface area contributed by atoms with Crippen LogP contribution in [0.2, 0.25) is 0 Å². The standard InChI is InChI=1S/C22H26N6/c1-28(20-9-5-8-19(26-20)16-6-3-2-4-7-16)21-14-15-24-22(27-21)25-18-12-10-17(23)11-13-18/h2-9,14-15,17-18H,10-13,23H2,1H3,(H,24,25,27). The summed E-state index contributed by atoms with van der Waals surface area (Å²) in [5, 5.41) is 3.46. The molecule has 1 aliphatic rings. The molecular formula is C22H26N6. The lowest BCUT2D eigenvalue weighted by atomic mass is 9.92. The molecule has 1 aromatic carbocycles. The second kappa shape index (κ2) is 8.35. The fourth-order valence-corrected chi connectivity index (χ4v) is 3.55. The van der Waals surface area contributed by atoms with Gasteiger partial charge in [-0.25, -0.2) is 9.97 Å². The van der Waals surface area contributed by atoms with Crippen LogP contribution >= 0.6 is 0 Å². The van der Waals surface area contributed by atoms with Crippen LogP contribution in [0.25, 0.3) is 11.3 Å². The predicted molar refractivity (Wildman–Crippen MR) is 114 cm³/mol. The Bertz CT molecular complexity index is 906. The van der Waals surface area contributed by atoms with Crippen molar-refractivity contribution in [3.63, 3.8) is 0 Å². The molecule has 2 aromatic heterocycles. The number of hydrogen-bond acceptors (Lipinski definition) is 6. The molecule has 6 nitrogen and oxygen atoms in total. The molecule has 0 bridgehead atoms. The number of aromatic nitrogens is 3. The number of anilines is 3. The quantitative estimate of drug-likeness (QED) is 0.703. The summed E-state index contributed by atoms with van der Waals surface area (Å²) in [7, 11) is 1.98. The molecule has 0 saturated heterocycles.